The van der Waals surface area contributed by atoms with Crippen molar-refractivity contribution in [2.24, 2.45) is 7.05 Å². The Labute approximate surface area is 222 Å². The monoisotopic (exact) mass is 516 g/mol. The number of carbonyl (C=O) groups is 1. The standard InChI is InChI=1S/C29H33FN6O2/c1-19(30)29(37)33-24-15-20(27(38-6)17-26(24)35(4)14-13-34(2)3)16-28-31-12-11-23(32-28)22-18-36(5)25-10-8-7-9-21(22)25/h7-12,15,17-18H,1,13-14,16H2,2-6H3,(H,33,37). The third kappa shape index (κ3) is 5.84. The number of nitrogens with zero attached hydrogens (tertiary/aromatic N) is 5. The number of rotatable bonds is 10. The van der Waals surface area contributed by atoms with E-state index in [2.05, 4.69) is 44.7 Å². The Morgan fingerprint density at radius 2 is 1.92 bits per heavy atom. The van der Waals surface area contributed by atoms with Gasteiger partial charge in [0.25, 0.3) is 5.91 Å². The normalized spacial score (nSPS) is 11.1. The highest BCUT2D eigenvalue weighted by atomic mass is 19.1. The summed E-state index contributed by atoms with van der Waals surface area (Å²) in [7, 11) is 9.49. The Balaban J connectivity index is 1.72. The van der Waals surface area contributed by atoms with Gasteiger partial charge in [0.2, 0.25) is 0 Å². The number of nitrogens with one attached hydrogen (secondary N) is 1. The topological polar surface area (TPSA) is 75.5 Å². The van der Waals surface area contributed by atoms with Crippen LogP contribution in [0.3, 0.4) is 0 Å². The molecular weight excluding hydrogens is 483 g/mol. The molecule has 1 amide bonds. The fraction of sp³-hybridized carbons (Fsp3) is 0.276. The van der Waals surface area contributed by atoms with Crippen LogP contribution in [0, 0.1) is 0 Å². The van der Waals surface area contributed by atoms with E-state index in [1.165, 1.54) is 0 Å². The first-order valence-corrected chi connectivity index (χ1v) is 12.3. The Bertz CT molecular complexity index is 1480. The first kappa shape index (κ1) is 26.8. The zero-order valence-electron chi connectivity index (χ0n) is 22.5. The number of aromatic nitrogens is 3. The van der Waals surface area contributed by atoms with Gasteiger partial charge in [0.05, 0.1) is 24.2 Å². The van der Waals surface area contributed by atoms with Crippen LogP contribution < -0.4 is 15.0 Å². The highest BCUT2D eigenvalue weighted by Crippen LogP contribution is 2.35. The second-order valence-electron chi connectivity index (χ2n) is 9.47. The maximum atomic E-state index is 13.6. The van der Waals surface area contributed by atoms with Crippen LogP contribution in [-0.2, 0) is 18.3 Å². The Morgan fingerprint density at radius 3 is 2.63 bits per heavy atom. The Morgan fingerprint density at radius 1 is 1.16 bits per heavy atom. The van der Waals surface area contributed by atoms with E-state index < -0.39 is 11.7 Å². The maximum Gasteiger partial charge on any atom is 0.283 e. The lowest BCUT2D eigenvalue weighted by Gasteiger charge is -2.26. The van der Waals surface area contributed by atoms with E-state index in [1.54, 1.807) is 19.4 Å². The van der Waals surface area contributed by atoms with Gasteiger partial charge in [-0.3, -0.25) is 4.79 Å². The molecule has 2 aromatic carbocycles. The molecule has 0 bridgehead atoms. The molecule has 8 nitrogen and oxygen atoms in total. The molecule has 0 aliphatic heterocycles. The number of hydrogen-bond donors (Lipinski definition) is 1. The Hall–Kier alpha value is -4.24. The lowest BCUT2D eigenvalue weighted by molar-refractivity contribution is -0.114. The third-order valence-electron chi connectivity index (χ3n) is 6.41. The average molecular weight is 517 g/mol. The molecule has 38 heavy (non-hydrogen) atoms. The van der Waals surface area contributed by atoms with Crippen molar-refractivity contribution < 1.29 is 13.9 Å². The molecule has 4 rings (SSSR count). The van der Waals surface area contributed by atoms with Gasteiger partial charge in [0, 0.05) is 74.1 Å². The number of methoxy groups -OCH3 is 1. The van der Waals surface area contributed by atoms with Crippen LogP contribution in [0.1, 0.15) is 11.4 Å². The van der Waals surface area contributed by atoms with E-state index in [4.69, 9.17) is 9.72 Å². The maximum absolute atomic E-state index is 13.6. The summed E-state index contributed by atoms with van der Waals surface area (Å²) in [4.78, 5) is 25.6. The van der Waals surface area contributed by atoms with E-state index in [0.29, 0.717) is 35.9 Å². The SMILES string of the molecule is C=C(F)C(=O)Nc1cc(Cc2nccc(-c3cn(C)c4ccccc34)n2)c(OC)cc1N(C)CCN(C)C. The van der Waals surface area contributed by atoms with Gasteiger partial charge < -0.3 is 24.4 Å². The van der Waals surface area contributed by atoms with Gasteiger partial charge in [-0.25, -0.2) is 14.4 Å². The second-order valence-corrected chi connectivity index (χ2v) is 9.47. The van der Waals surface area contributed by atoms with Gasteiger partial charge in [-0.2, -0.15) is 0 Å². The number of halogens is 1. The summed E-state index contributed by atoms with van der Waals surface area (Å²) in [6, 6.07) is 13.7. The number of likely N-dealkylation sites (N-methyl/N-ethyl adjacent to an activating group) is 2. The third-order valence-corrected chi connectivity index (χ3v) is 6.41. The lowest BCUT2D eigenvalue weighted by atomic mass is 10.1. The van der Waals surface area contributed by atoms with Crippen molar-refractivity contribution in [3.8, 4) is 17.0 Å². The largest absolute Gasteiger partial charge is 0.496 e. The average Bonchev–Trinajstić information content (AvgIpc) is 3.24. The van der Waals surface area contributed by atoms with Gasteiger partial charge >= 0.3 is 0 Å². The van der Waals surface area contributed by atoms with Crippen molar-refractivity contribution in [2.75, 3.05) is 51.6 Å². The van der Waals surface area contributed by atoms with Crippen molar-refractivity contribution in [3.63, 3.8) is 0 Å². The summed E-state index contributed by atoms with van der Waals surface area (Å²) in [5.41, 5.74) is 4.86. The summed E-state index contributed by atoms with van der Waals surface area (Å²) in [6.07, 6.45) is 4.15. The molecule has 2 heterocycles. The first-order valence-electron chi connectivity index (χ1n) is 12.3. The van der Waals surface area contributed by atoms with Crippen molar-refractivity contribution in [1.82, 2.24) is 19.4 Å². The number of aryl methyl sites for hydroxylation is 1. The minimum atomic E-state index is -1.06. The summed E-state index contributed by atoms with van der Waals surface area (Å²) in [6.45, 7) is 4.60. The molecule has 0 unspecified atom stereocenters. The number of amides is 1. The fourth-order valence-corrected chi connectivity index (χ4v) is 4.37. The second kappa shape index (κ2) is 11.4. The minimum Gasteiger partial charge on any atom is -0.496 e. The highest BCUT2D eigenvalue weighted by Gasteiger charge is 2.19. The molecule has 198 valence electrons. The number of anilines is 2. The molecule has 1 N–H and O–H groups in total. The van der Waals surface area contributed by atoms with Gasteiger partial charge in [0.15, 0.2) is 5.83 Å². The number of carbonyl (C=O) groups excluding carboxylic acids is 1. The summed E-state index contributed by atoms with van der Waals surface area (Å²) >= 11 is 0. The van der Waals surface area contributed by atoms with Crippen molar-refractivity contribution in [2.45, 2.75) is 6.42 Å². The van der Waals surface area contributed by atoms with Crippen LogP contribution in [0.5, 0.6) is 5.75 Å². The Kier molecular flexibility index (Phi) is 8.07. The lowest BCUT2D eigenvalue weighted by Crippen LogP contribution is -2.29. The fourth-order valence-electron chi connectivity index (χ4n) is 4.37. The first-order chi connectivity index (χ1) is 18.2. The van der Waals surface area contributed by atoms with E-state index in [0.717, 1.165) is 34.3 Å². The summed E-state index contributed by atoms with van der Waals surface area (Å²) < 4.78 is 21.4. The molecule has 0 atom stereocenters. The molecule has 0 saturated heterocycles. The van der Waals surface area contributed by atoms with Crippen molar-refractivity contribution in [1.29, 1.82) is 0 Å². The van der Waals surface area contributed by atoms with Crippen molar-refractivity contribution >= 4 is 28.2 Å². The minimum absolute atomic E-state index is 0.350. The molecule has 4 aromatic rings. The van der Waals surface area contributed by atoms with Crippen LogP contribution in [0.2, 0.25) is 0 Å². The zero-order chi connectivity index (χ0) is 27.4. The van der Waals surface area contributed by atoms with Gasteiger partial charge in [-0.1, -0.05) is 24.8 Å². The smallest absolute Gasteiger partial charge is 0.283 e. The molecule has 9 heteroatoms. The van der Waals surface area contributed by atoms with E-state index >= 15 is 0 Å². The summed E-state index contributed by atoms with van der Waals surface area (Å²) in [5.74, 6) is -0.740. The molecule has 0 saturated carbocycles. The van der Waals surface area contributed by atoms with Crippen LogP contribution in [0.25, 0.3) is 22.2 Å². The molecule has 0 radical (unpaired) electrons. The predicted octanol–water partition coefficient (Wildman–Crippen LogP) is 4.65. The van der Waals surface area contributed by atoms with Crippen LogP contribution >= 0.6 is 0 Å². The molecule has 0 spiro atoms. The van der Waals surface area contributed by atoms with Gasteiger partial charge in [0.1, 0.15) is 11.6 Å². The molecule has 2 aromatic heterocycles. The van der Waals surface area contributed by atoms with E-state index in [-0.39, 0.29) is 0 Å². The number of para-hydroxylation sites is 1. The van der Waals surface area contributed by atoms with Gasteiger partial charge in [-0.05, 0) is 32.3 Å². The molecule has 0 aliphatic rings. The number of benzene rings is 2. The predicted molar refractivity (Wildman–Crippen MR) is 150 cm³/mol. The van der Waals surface area contributed by atoms with Gasteiger partial charge in [-0.15, -0.1) is 0 Å². The van der Waals surface area contributed by atoms with Crippen LogP contribution in [0.4, 0.5) is 15.8 Å². The zero-order valence-corrected chi connectivity index (χ0v) is 22.5. The van der Waals surface area contributed by atoms with Crippen LogP contribution in [0.15, 0.2) is 67.3 Å². The molecule has 0 aliphatic carbocycles. The number of fused-ring (bicyclic) bond motifs is 1. The summed E-state index contributed by atoms with van der Waals surface area (Å²) in [5, 5.41) is 3.76. The van der Waals surface area contributed by atoms with Crippen LogP contribution in [-0.4, -0.2) is 66.7 Å². The van der Waals surface area contributed by atoms with E-state index in [1.807, 2.05) is 57.4 Å². The van der Waals surface area contributed by atoms with E-state index in [9.17, 15) is 9.18 Å². The number of hydrogen-bond acceptors (Lipinski definition) is 6. The highest BCUT2D eigenvalue weighted by molar-refractivity contribution is 6.04. The quantitative estimate of drug-likeness (QED) is 0.309. The van der Waals surface area contributed by atoms with Crippen molar-refractivity contribution in [3.05, 3.63) is 78.7 Å². The number of ether oxygens (including phenoxy) is 1. The molecule has 0 fully saturated rings. The molecular formula is C29H33FN6O2.